The number of aryl methyl sites for hydroxylation is 2. The van der Waals surface area contributed by atoms with Gasteiger partial charge < -0.3 is 10.4 Å². The third-order valence-corrected chi connectivity index (χ3v) is 3.85. The van der Waals surface area contributed by atoms with E-state index in [9.17, 15) is 9.59 Å². The Morgan fingerprint density at radius 3 is 2.53 bits per heavy atom. The number of carboxylic acids is 1. The van der Waals surface area contributed by atoms with Gasteiger partial charge in [0, 0.05) is 18.8 Å². The van der Waals surface area contributed by atoms with Gasteiger partial charge in [-0.2, -0.15) is 5.10 Å². The molecule has 0 spiro atoms. The average Bonchev–Trinajstić information content (AvgIpc) is 2.85. The molecule has 6 nitrogen and oxygen atoms in total. The normalized spacial score (nSPS) is 22.5. The molecule has 104 valence electrons. The van der Waals surface area contributed by atoms with E-state index in [1.54, 1.807) is 18.7 Å². The maximum absolute atomic E-state index is 12.2. The third kappa shape index (κ3) is 2.62. The minimum Gasteiger partial charge on any atom is -0.481 e. The summed E-state index contributed by atoms with van der Waals surface area (Å²) in [6.45, 7) is 3.65. The van der Waals surface area contributed by atoms with Crippen LogP contribution >= 0.6 is 0 Å². The van der Waals surface area contributed by atoms with Crippen LogP contribution in [0, 0.1) is 19.8 Å². The zero-order chi connectivity index (χ0) is 14.2. The molecule has 1 amide bonds. The molecule has 19 heavy (non-hydrogen) atoms. The fourth-order valence-electron chi connectivity index (χ4n) is 2.70. The molecule has 0 saturated heterocycles. The van der Waals surface area contributed by atoms with Gasteiger partial charge in [-0.1, -0.05) is 0 Å². The lowest BCUT2D eigenvalue weighted by Crippen LogP contribution is -2.34. The van der Waals surface area contributed by atoms with Crippen molar-refractivity contribution in [2.24, 2.45) is 13.0 Å². The van der Waals surface area contributed by atoms with Crippen LogP contribution in [0.4, 0.5) is 0 Å². The van der Waals surface area contributed by atoms with Crippen LogP contribution in [0.2, 0.25) is 0 Å². The van der Waals surface area contributed by atoms with E-state index < -0.39 is 5.97 Å². The number of nitrogens with one attached hydrogen (secondary N) is 1. The molecule has 1 heterocycles. The first-order chi connectivity index (χ1) is 8.90. The lowest BCUT2D eigenvalue weighted by Gasteiger charge is -2.12. The lowest BCUT2D eigenvalue weighted by molar-refractivity contribution is -0.141. The zero-order valence-corrected chi connectivity index (χ0v) is 11.4. The molecule has 0 aromatic carbocycles. The van der Waals surface area contributed by atoms with Gasteiger partial charge in [0.25, 0.3) is 5.91 Å². The molecule has 1 fully saturated rings. The van der Waals surface area contributed by atoms with Crippen LogP contribution in [0.25, 0.3) is 0 Å². The third-order valence-electron chi connectivity index (χ3n) is 3.85. The highest BCUT2D eigenvalue weighted by atomic mass is 16.4. The number of nitrogens with zero attached hydrogens (tertiary/aromatic N) is 2. The maximum atomic E-state index is 12.2. The number of hydrogen-bond donors (Lipinski definition) is 2. The number of hydrogen-bond acceptors (Lipinski definition) is 3. The topological polar surface area (TPSA) is 84.2 Å². The van der Waals surface area contributed by atoms with Gasteiger partial charge in [0.15, 0.2) is 0 Å². The van der Waals surface area contributed by atoms with Crippen molar-refractivity contribution >= 4 is 11.9 Å². The molecule has 2 atom stereocenters. The summed E-state index contributed by atoms with van der Waals surface area (Å²) in [6.07, 6.45) is 1.87. The van der Waals surface area contributed by atoms with Crippen molar-refractivity contribution in [2.45, 2.75) is 39.2 Å². The fourth-order valence-corrected chi connectivity index (χ4v) is 2.70. The van der Waals surface area contributed by atoms with Crippen molar-refractivity contribution in [1.29, 1.82) is 0 Å². The standard InChI is InChI=1S/C13H19N3O3/c1-7-11(8(2)16(3)15-7)12(17)14-10-5-4-9(6-10)13(18)19/h9-10H,4-6H2,1-3H3,(H,14,17)(H,18,19)/t9-,10+/m0/s1. The van der Waals surface area contributed by atoms with E-state index in [0.29, 0.717) is 24.1 Å². The van der Waals surface area contributed by atoms with Crippen molar-refractivity contribution in [3.05, 3.63) is 17.0 Å². The van der Waals surface area contributed by atoms with Gasteiger partial charge in [-0.05, 0) is 33.1 Å². The first-order valence-electron chi connectivity index (χ1n) is 6.44. The average molecular weight is 265 g/mol. The van der Waals surface area contributed by atoms with Crippen LogP contribution in [-0.2, 0) is 11.8 Å². The van der Waals surface area contributed by atoms with Gasteiger partial charge in [0.2, 0.25) is 0 Å². The minimum absolute atomic E-state index is 0.0485. The summed E-state index contributed by atoms with van der Waals surface area (Å²) in [7, 11) is 1.80. The van der Waals surface area contributed by atoms with E-state index in [1.807, 2.05) is 6.92 Å². The smallest absolute Gasteiger partial charge is 0.306 e. The summed E-state index contributed by atoms with van der Waals surface area (Å²) in [5, 5.41) is 16.1. The van der Waals surface area contributed by atoms with E-state index in [2.05, 4.69) is 10.4 Å². The first-order valence-corrected chi connectivity index (χ1v) is 6.44. The van der Waals surface area contributed by atoms with Crippen molar-refractivity contribution < 1.29 is 14.7 Å². The molecule has 0 radical (unpaired) electrons. The van der Waals surface area contributed by atoms with Crippen molar-refractivity contribution in [1.82, 2.24) is 15.1 Å². The van der Waals surface area contributed by atoms with E-state index in [4.69, 9.17) is 5.11 Å². The van der Waals surface area contributed by atoms with Crippen LogP contribution in [-0.4, -0.2) is 32.8 Å². The Morgan fingerprint density at radius 1 is 1.37 bits per heavy atom. The molecule has 0 unspecified atom stereocenters. The maximum Gasteiger partial charge on any atom is 0.306 e. The monoisotopic (exact) mass is 265 g/mol. The van der Waals surface area contributed by atoms with E-state index in [1.165, 1.54) is 0 Å². The van der Waals surface area contributed by atoms with Gasteiger partial charge in [0.1, 0.15) is 0 Å². The number of carbonyl (C=O) groups excluding carboxylic acids is 1. The van der Waals surface area contributed by atoms with Gasteiger partial charge in [-0.25, -0.2) is 0 Å². The number of amides is 1. The number of rotatable bonds is 3. The second kappa shape index (κ2) is 5.03. The van der Waals surface area contributed by atoms with Crippen molar-refractivity contribution in [3.8, 4) is 0 Å². The van der Waals surface area contributed by atoms with Gasteiger partial charge in [-0.3, -0.25) is 14.3 Å². The predicted octanol–water partition coefficient (Wildman–Crippen LogP) is 1.02. The Morgan fingerprint density at radius 2 is 2.05 bits per heavy atom. The van der Waals surface area contributed by atoms with Gasteiger partial charge in [-0.15, -0.1) is 0 Å². The molecule has 2 N–H and O–H groups in total. The summed E-state index contributed by atoms with van der Waals surface area (Å²) in [5.74, 6) is -1.26. The van der Waals surface area contributed by atoms with Crippen LogP contribution in [0.5, 0.6) is 0 Å². The number of aliphatic carboxylic acids is 1. The summed E-state index contributed by atoms with van der Waals surface area (Å²) >= 11 is 0. The Kier molecular flexibility index (Phi) is 3.59. The molecular formula is C13H19N3O3. The Hall–Kier alpha value is -1.85. The number of carbonyl (C=O) groups is 2. The number of aromatic nitrogens is 2. The summed E-state index contributed by atoms with van der Waals surface area (Å²) in [4.78, 5) is 23.1. The molecule has 1 aromatic rings. The molecule has 1 saturated carbocycles. The van der Waals surface area contributed by atoms with Crippen molar-refractivity contribution in [2.75, 3.05) is 0 Å². The molecular weight excluding hydrogens is 246 g/mol. The lowest BCUT2D eigenvalue weighted by atomic mass is 10.1. The van der Waals surface area contributed by atoms with Crippen LogP contribution < -0.4 is 5.32 Å². The predicted molar refractivity (Wildman–Crippen MR) is 68.9 cm³/mol. The summed E-state index contributed by atoms with van der Waals surface area (Å²) < 4.78 is 1.68. The first kappa shape index (κ1) is 13.6. The summed E-state index contributed by atoms with van der Waals surface area (Å²) in [6, 6.07) is -0.0485. The highest BCUT2D eigenvalue weighted by Gasteiger charge is 2.31. The molecule has 0 aliphatic heterocycles. The Balaban J connectivity index is 2.04. The minimum atomic E-state index is -0.773. The van der Waals surface area contributed by atoms with Gasteiger partial charge in [0.05, 0.1) is 17.2 Å². The van der Waals surface area contributed by atoms with Gasteiger partial charge >= 0.3 is 5.97 Å². The van der Waals surface area contributed by atoms with E-state index in [0.717, 1.165) is 12.1 Å². The molecule has 1 aromatic heterocycles. The highest BCUT2D eigenvalue weighted by Crippen LogP contribution is 2.26. The highest BCUT2D eigenvalue weighted by molar-refractivity contribution is 5.96. The fraction of sp³-hybridized carbons (Fsp3) is 0.615. The van der Waals surface area contributed by atoms with Crippen LogP contribution in [0.1, 0.15) is 41.0 Å². The Labute approximate surface area is 111 Å². The van der Waals surface area contributed by atoms with Crippen molar-refractivity contribution in [3.63, 3.8) is 0 Å². The molecule has 1 aliphatic rings. The van der Waals surface area contributed by atoms with Crippen LogP contribution in [0.3, 0.4) is 0 Å². The van der Waals surface area contributed by atoms with E-state index in [-0.39, 0.29) is 17.9 Å². The zero-order valence-electron chi connectivity index (χ0n) is 11.4. The molecule has 0 bridgehead atoms. The Bertz CT molecular complexity index is 521. The van der Waals surface area contributed by atoms with Crippen LogP contribution in [0.15, 0.2) is 0 Å². The largest absolute Gasteiger partial charge is 0.481 e. The second-order valence-electron chi connectivity index (χ2n) is 5.19. The summed E-state index contributed by atoms with van der Waals surface area (Å²) in [5.41, 5.74) is 2.12. The second-order valence-corrected chi connectivity index (χ2v) is 5.19. The number of carboxylic acid groups (broad SMARTS) is 1. The SMILES string of the molecule is Cc1nn(C)c(C)c1C(=O)N[C@@H]1CC[C@H](C(=O)O)C1. The quantitative estimate of drug-likeness (QED) is 0.854. The van der Waals surface area contributed by atoms with E-state index >= 15 is 0 Å². The molecule has 6 heteroatoms. The molecule has 1 aliphatic carbocycles. The molecule has 2 rings (SSSR count).